The molecule has 0 radical (unpaired) electrons. The summed E-state index contributed by atoms with van der Waals surface area (Å²) in [6, 6.07) is 10.0. The molecule has 3 nitrogen and oxygen atoms in total. The second-order valence-electron chi connectivity index (χ2n) is 4.70. The number of hydrogen-bond acceptors (Lipinski definition) is 3. The zero-order chi connectivity index (χ0) is 13.5. The first-order valence-electron chi connectivity index (χ1n) is 6.70. The molecule has 0 atom stereocenters. The van der Waals surface area contributed by atoms with E-state index in [1.165, 1.54) is 24.8 Å². The third-order valence-electron chi connectivity index (χ3n) is 3.41. The number of para-hydroxylation sites is 1. The fourth-order valence-electron chi connectivity index (χ4n) is 2.48. The van der Waals surface area contributed by atoms with Crippen molar-refractivity contribution in [3.05, 3.63) is 35.4 Å². The maximum atomic E-state index is 9.49. The molecule has 3 heteroatoms. The number of benzene rings is 1. The van der Waals surface area contributed by atoms with E-state index in [9.17, 15) is 5.26 Å². The van der Waals surface area contributed by atoms with Gasteiger partial charge in [-0.1, -0.05) is 24.1 Å². The zero-order valence-corrected chi connectivity index (χ0v) is 11.3. The standard InChI is InChI=1S/C16H19NO2/c1-18-12-19-16-10-6-5-9-14(16)15(11-17)13-7-3-2-4-8-13/h5-6,9-10H,2-4,7-8,12H2,1H3. The van der Waals surface area contributed by atoms with Crippen molar-refractivity contribution in [2.24, 2.45) is 0 Å². The average molecular weight is 257 g/mol. The van der Waals surface area contributed by atoms with Crippen molar-refractivity contribution in [3.8, 4) is 11.8 Å². The lowest BCUT2D eigenvalue weighted by Gasteiger charge is -2.17. The lowest BCUT2D eigenvalue weighted by molar-refractivity contribution is 0.0509. The summed E-state index contributed by atoms with van der Waals surface area (Å²) < 4.78 is 10.5. The third-order valence-corrected chi connectivity index (χ3v) is 3.41. The zero-order valence-electron chi connectivity index (χ0n) is 11.3. The van der Waals surface area contributed by atoms with E-state index in [1.54, 1.807) is 7.11 Å². The summed E-state index contributed by atoms with van der Waals surface area (Å²) in [5.41, 5.74) is 2.94. The number of ether oxygens (including phenoxy) is 2. The minimum absolute atomic E-state index is 0.199. The predicted octanol–water partition coefficient (Wildman–Crippen LogP) is 3.91. The Bertz CT molecular complexity index is 492. The van der Waals surface area contributed by atoms with E-state index >= 15 is 0 Å². The van der Waals surface area contributed by atoms with Crippen molar-refractivity contribution in [1.29, 1.82) is 5.26 Å². The van der Waals surface area contributed by atoms with Gasteiger partial charge in [0, 0.05) is 12.7 Å². The van der Waals surface area contributed by atoms with E-state index in [1.807, 2.05) is 24.3 Å². The number of methoxy groups -OCH3 is 1. The van der Waals surface area contributed by atoms with Crippen molar-refractivity contribution in [1.82, 2.24) is 0 Å². The van der Waals surface area contributed by atoms with Crippen LogP contribution >= 0.6 is 0 Å². The van der Waals surface area contributed by atoms with E-state index in [0.717, 1.165) is 29.7 Å². The van der Waals surface area contributed by atoms with Gasteiger partial charge < -0.3 is 9.47 Å². The Morgan fingerprint density at radius 3 is 2.63 bits per heavy atom. The van der Waals surface area contributed by atoms with Crippen molar-refractivity contribution in [2.45, 2.75) is 32.1 Å². The summed E-state index contributed by atoms with van der Waals surface area (Å²) >= 11 is 0. The molecule has 0 bridgehead atoms. The first kappa shape index (κ1) is 13.6. The van der Waals surface area contributed by atoms with Gasteiger partial charge in [-0.15, -0.1) is 0 Å². The fraction of sp³-hybridized carbons (Fsp3) is 0.438. The smallest absolute Gasteiger partial charge is 0.188 e. The van der Waals surface area contributed by atoms with Crippen LogP contribution in [0.4, 0.5) is 0 Å². The van der Waals surface area contributed by atoms with Gasteiger partial charge in [0.05, 0.1) is 11.6 Å². The number of rotatable bonds is 4. The van der Waals surface area contributed by atoms with Crippen LogP contribution in [0.1, 0.15) is 37.7 Å². The Labute approximate surface area is 114 Å². The van der Waals surface area contributed by atoms with Crippen LogP contribution in [-0.2, 0) is 4.74 Å². The quantitative estimate of drug-likeness (QED) is 0.606. The fourth-order valence-corrected chi connectivity index (χ4v) is 2.48. The minimum Gasteiger partial charge on any atom is -0.467 e. The molecule has 0 N–H and O–H groups in total. The van der Waals surface area contributed by atoms with Crippen molar-refractivity contribution in [2.75, 3.05) is 13.9 Å². The summed E-state index contributed by atoms with van der Waals surface area (Å²) in [4.78, 5) is 0. The molecule has 0 unspecified atom stereocenters. The first-order valence-corrected chi connectivity index (χ1v) is 6.70. The van der Waals surface area contributed by atoms with Crippen LogP contribution in [0.3, 0.4) is 0 Å². The van der Waals surface area contributed by atoms with Crippen LogP contribution in [0, 0.1) is 11.3 Å². The molecule has 1 aromatic rings. The molecule has 0 spiro atoms. The van der Waals surface area contributed by atoms with Gasteiger partial charge >= 0.3 is 0 Å². The van der Waals surface area contributed by atoms with Crippen LogP contribution in [0.15, 0.2) is 29.8 Å². The van der Waals surface area contributed by atoms with E-state index in [0.29, 0.717) is 0 Å². The van der Waals surface area contributed by atoms with Gasteiger partial charge in [0.25, 0.3) is 0 Å². The van der Waals surface area contributed by atoms with Crippen LogP contribution in [0.25, 0.3) is 5.57 Å². The van der Waals surface area contributed by atoms with Crippen LogP contribution in [0.2, 0.25) is 0 Å². The SMILES string of the molecule is COCOc1ccccc1C(C#N)=C1CCCCC1. The topological polar surface area (TPSA) is 42.2 Å². The van der Waals surface area contributed by atoms with Crippen molar-refractivity contribution in [3.63, 3.8) is 0 Å². The highest BCUT2D eigenvalue weighted by Crippen LogP contribution is 2.34. The molecule has 0 aliphatic heterocycles. The molecule has 1 saturated carbocycles. The van der Waals surface area contributed by atoms with E-state index in [-0.39, 0.29) is 6.79 Å². The molecular formula is C16H19NO2. The molecule has 1 aliphatic rings. The Morgan fingerprint density at radius 2 is 1.95 bits per heavy atom. The van der Waals surface area contributed by atoms with Crippen LogP contribution in [-0.4, -0.2) is 13.9 Å². The van der Waals surface area contributed by atoms with Crippen molar-refractivity contribution >= 4 is 5.57 Å². The molecule has 2 rings (SSSR count). The number of nitriles is 1. The van der Waals surface area contributed by atoms with E-state index in [2.05, 4.69) is 6.07 Å². The molecule has 1 aliphatic carbocycles. The summed E-state index contributed by atoms with van der Waals surface area (Å²) in [6.07, 6.45) is 5.69. The second-order valence-corrected chi connectivity index (χ2v) is 4.70. The average Bonchev–Trinajstić information content (AvgIpc) is 2.48. The monoisotopic (exact) mass is 257 g/mol. The predicted molar refractivity (Wildman–Crippen MR) is 74.6 cm³/mol. The second kappa shape index (κ2) is 6.96. The minimum atomic E-state index is 0.199. The van der Waals surface area contributed by atoms with Gasteiger partial charge in [0.15, 0.2) is 6.79 Å². The molecule has 0 aromatic heterocycles. The van der Waals surface area contributed by atoms with Crippen LogP contribution in [0.5, 0.6) is 5.75 Å². The van der Waals surface area contributed by atoms with E-state index < -0.39 is 0 Å². The van der Waals surface area contributed by atoms with Gasteiger partial charge in [-0.25, -0.2) is 0 Å². The molecule has 19 heavy (non-hydrogen) atoms. The molecule has 1 fully saturated rings. The molecule has 0 amide bonds. The first-order chi connectivity index (χ1) is 9.36. The van der Waals surface area contributed by atoms with Crippen LogP contribution < -0.4 is 4.74 Å². The molecule has 0 saturated heterocycles. The number of allylic oxidation sites excluding steroid dienone is 2. The number of hydrogen-bond donors (Lipinski definition) is 0. The Balaban J connectivity index is 2.35. The molecule has 1 aromatic carbocycles. The normalized spacial score (nSPS) is 14.8. The largest absolute Gasteiger partial charge is 0.467 e. The van der Waals surface area contributed by atoms with Gasteiger partial charge in [-0.05, 0) is 37.8 Å². The number of nitrogens with zero attached hydrogens (tertiary/aromatic N) is 1. The van der Waals surface area contributed by atoms with Gasteiger partial charge in [-0.3, -0.25) is 0 Å². The van der Waals surface area contributed by atoms with Gasteiger partial charge in [0.1, 0.15) is 5.75 Å². The van der Waals surface area contributed by atoms with Gasteiger partial charge in [0.2, 0.25) is 0 Å². The summed E-state index contributed by atoms with van der Waals surface area (Å²) in [5, 5.41) is 9.49. The highest BCUT2D eigenvalue weighted by Gasteiger charge is 2.15. The molecular weight excluding hydrogens is 238 g/mol. The Kier molecular flexibility index (Phi) is 5.00. The lowest BCUT2D eigenvalue weighted by Crippen LogP contribution is -2.03. The summed E-state index contributed by atoms with van der Waals surface area (Å²) in [6.45, 7) is 0.199. The highest BCUT2D eigenvalue weighted by molar-refractivity contribution is 5.82. The Hall–Kier alpha value is -1.79. The maximum Gasteiger partial charge on any atom is 0.188 e. The van der Waals surface area contributed by atoms with Crippen molar-refractivity contribution < 1.29 is 9.47 Å². The Morgan fingerprint density at radius 1 is 1.21 bits per heavy atom. The molecule has 100 valence electrons. The third kappa shape index (κ3) is 3.36. The molecule has 0 heterocycles. The highest BCUT2D eigenvalue weighted by atomic mass is 16.7. The maximum absolute atomic E-state index is 9.49. The van der Waals surface area contributed by atoms with E-state index in [4.69, 9.17) is 9.47 Å². The lowest BCUT2D eigenvalue weighted by atomic mass is 9.88. The van der Waals surface area contributed by atoms with Gasteiger partial charge in [-0.2, -0.15) is 5.26 Å². The summed E-state index contributed by atoms with van der Waals surface area (Å²) in [7, 11) is 1.59. The summed E-state index contributed by atoms with van der Waals surface area (Å²) in [5.74, 6) is 0.721.